The molecule has 1 aromatic rings. The van der Waals surface area contributed by atoms with Crippen LogP contribution in [0, 0.1) is 0 Å². The van der Waals surface area contributed by atoms with Gasteiger partial charge in [0.2, 0.25) is 0 Å². The predicted molar refractivity (Wildman–Crippen MR) is 85.1 cm³/mol. The van der Waals surface area contributed by atoms with E-state index in [9.17, 15) is 0 Å². The summed E-state index contributed by atoms with van der Waals surface area (Å²) < 4.78 is 0. The van der Waals surface area contributed by atoms with Gasteiger partial charge in [-0.2, -0.15) is 0 Å². The molecule has 3 rings (SSSR count). The third kappa shape index (κ3) is 2.64. The van der Waals surface area contributed by atoms with Crippen LogP contribution in [0.15, 0.2) is 24.3 Å². The standard InChI is InChI=1S/C18H28N2/c1-18(2)11-10-17(15-8-4-5-9-16(15)18)20(3)13-14-7-6-12-19-14/h4-5,8-9,14,17,19H,6-7,10-13H2,1-3H3. The Balaban J connectivity index is 1.80. The summed E-state index contributed by atoms with van der Waals surface area (Å²) in [6, 6.07) is 10.4. The summed E-state index contributed by atoms with van der Waals surface area (Å²) in [5.41, 5.74) is 3.45. The zero-order valence-electron chi connectivity index (χ0n) is 13.2. The number of hydrogen-bond acceptors (Lipinski definition) is 2. The first-order valence-corrected chi connectivity index (χ1v) is 8.11. The second kappa shape index (κ2) is 5.50. The van der Waals surface area contributed by atoms with Gasteiger partial charge in [0.05, 0.1) is 0 Å². The van der Waals surface area contributed by atoms with Crippen LogP contribution in [0.4, 0.5) is 0 Å². The average Bonchev–Trinajstić information content (AvgIpc) is 2.92. The molecule has 1 fully saturated rings. The summed E-state index contributed by atoms with van der Waals surface area (Å²) in [4.78, 5) is 2.58. The van der Waals surface area contributed by atoms with E-state index in [1.54, 1.807) is 11.1 Å². The molecule has 1 N–H and O–H groups in total. The highest BCUT2D eigenvalue weighted by Gasteiger charge is 2.34. The summed E-state index contributed by atoms with van der Waals surface area (Å²) in [7, 11) is 2.31. The lowest BCUT2D eigenvalue weighted by Crippen LogP contribution is -2.40. The number of nitrogens with zero attached hydrogens (tertiary/aromatic N) is 1. The Morgan fingerprint density at radius 2 is 2.05 bits per heavy atom. The first-order chi connectivity index (χ1) is 9.58. The third-order valence-corrected chi connectivity index (χ3v) is 5.29. The molecule has 2 aliphatic rings. The molecule has 2 unspecified atom stereocenters. The van der Waals surface area contributed by atoms with Gasteiger partial charge in [0, 0.05) is 18.6 Å². The second-order valence-electron chi connectivity index (χ2n) is 7.26. The molecule has 0 radical (unpaired) electrons. The van der Waals surface area contributed by atoms with Gasteiger partial charge in [-0.25, -0.2) is 0 Å². The minimum absolute atomic E-state index is 0.333. The van der Waals surface area contributed by atoms with Crippen LogP contribution in [-0.4, -0.2) is 31.1 Å². The van der Waals surface area contributed by atoms with E-state index in [-0.39, 0.29) is 0 Å². The van der Waals surface area contributed by atoms with Crippen LogP contribution in [0.5, 0.6) is 0 Å². The van der Waals surface area contributed by atoms with Gasteiger partial charge >= 0.3 is 0 Å². The summed E-state index contributed by atoms with van der Waals surface area (Å²) in [5, 5.41) is 3.63. The molecular formula is C18H28N2. The van der Waals surface area contributed by atoms with E-state index in [0.29, 0.717) is 17.5 Å². The second-order valence-corrected chi connectivity index (χ2v) is 7.26. The van der Waals surface area contributed by atoms with E-state index in [0.717, 1.165) is 0 Å². The lowest BCUT2D eigenvalue weighted by Gasteiger charge is -2.41. The molecule has 1 aliphatic heterocycles. The number of benzene rings is 1. The van der Waals surface area contributed by atoms with Crippen LogP contribution in [0.25, 0.3) is 0 Å². The van der Waals surface area contributed by atoms with Gasteiger partial charge in [0.1, 0.15) is 0 Å². The molecule has 1 aliphatic carbocycles. The molecule has 2 atom stereocenters. The summed E-state index contributed by atoms with van der Waals surface area (Å²) in [5.74, 6) is 0. The van der Waals surface area contributed by atoms with Crippen LogP contribution in [-0.2, 0) is 5.41 Å². The number of hydrogen-bond donors (Lipinski definition) is 1. The fraction of sp³-hybridized carbons (Fsp3) is 0.667. The summed E-state index contributed by atoms with van der Waals surface area (Å²) in [6.07, 6.45) is 5.25. The molecule has 0 aromatic heterocycles. The van der Waals surface area contributed by atoms with Crippen molar-refractivity contribution in [2.75, 3.05) is 20.1 Å². The quantitative estimate of drug-likeness (QED) is 0.906. The molecule has 1 heterocycles. The maximum absolute atomic E-state index is 3.63. The fourth-order valence-corrected chi connectivity index (χ4v) is 4.04. The highest BCUT2D eigenvalue weighted by molar-refractivity contribution is 5.38. The molecule has 0 saturated carbocycles. The highest BCUT2D eigenvalue weighted by Crippen LogP contribution is 2.43. The van der Waals surface area contributed by atoms with E-state index in [2.05, 4.69) is 55.4 Å². The average molecular weight is 272 g/mol. The summed E-state index contributed by atoms with van der Waals surface area (Å²) >= 11 is 0. The SMILES string of the molecule is CN(CC1CCCN1)C1CCC(C)(C)c2ccccc21. The molecule has 2 nitrogen and oxygen atoms in total. The largest absolute Gasteiger partial charge is 0.313 e. The maximum Gasteiger partial charge on any atom is 0.0348 e. The Hall–Kier alpha value is -0.860. The van der Waals surface area contributed by atoms with Crippen LogP contribution in [0.2, 0.25) is 0 Å². The maximum atomic E-state index is 3.63. The molecule has 0 spiro atoms. The Labute approximate surface area is 123 Å². The van der Waals surface area contributed by atoms with Gasteiger partial charge in [-0.1, -0.05) is 38.1 Å². The molecule has 2 heteroatoms. The van der Waals surface area contributed by atoms with Crippen LogP contribution >= 0.6 is 0 Å². The fourth-order valence-electron chi connectivity index (χ4n) is 4.04. The van der Waals surface area contributed by atoms with Crippen molar-refractivity contribution in [2.45, 2.75) is 57.0 Å². The van der Waals surface area contributed by atoms with Gasteiger partial charge in [0.15, 0.2) is 0 Å². The van der Waals surface area contributed by atoms with Crippen molar-refractivity contribution in [1.29, 1.82) is 0 Å². The Morgan fingerprint density at radius 1 is 1.25 bits per heavy atom. The molecule has 0 bridgehead atoms. The predicted octanol–water partition coefficient (Wildman–Crippen LogP) is 3.48. The number of nitrogens with one attached hydrogen (secondary N) is 1. The van der Waals surface area contributed by atoms with Crippen molar-refractivity contribution in [2.24, 2.45) is 0 Å². The molecule has 1 aromatic carbocycles. The van der Waals surface area contributed by atoms with E-state index in [1.807, 2.05) is 0 Å². The van der Waals surface area contributed by atoms with E-state index in [4.69, 9.17) is 0 Å². The Bertz CT molecular complexity index is 460. The lowest BCUT2D eigenvalue weighted by atomic mass is 9.70. The zero-order chi connectivity index (χ0) is 14.2. The van der Waals surface area contributed by atoms with E-state index in [1.165, 1.54) is 38.8 Å². The minimum Gasteiger partial charge on any atom is -0.313 e. The first kappa shape index (κ1) is 14.1. The number of likely N-dealkylation sites (N-methyl/N-ethyl adjacent to an activating group) is 1. The van der Waals surface area contributed by atoms with Crippen molar-refractivity contribution in [1.82, 2.24) is 10.2 Å². The van der Waals surface area contributed by atoms with Crippen molar-refractivity contribution in [3.63, 3.8) is 0 Å². The molecule has 1 saturated heterocycles. The Morgan fingerprint density at radius 3 is 2.80 bits per heavy atom. The smallest absolute Gasteiger partial charge is 0.0348 e. The van der Waals surface area contributed by atoms with E-state index < -0.39 is 0 Å². The normalized spacial score (nSPS) is 28.6. The van der Waals surface area contributed by atoms with Gasteiger partial charge in [0.25, 0.3) is 0 Å². The monoisotopic (exact) mass is 272 g/mol. The molecular weight excluding hydrogens is 244 g/mol. The van der Waals surface area contributed by atoms with Gasteiger partial charge in [-0.15, -0.1) is 0 Å². The topological polar surface area (TPSA) is 15.3 Å². The highest BCUT2D eigenvalue weighted by atomic mass is 15.2. The van der Waals surface area contributed by atoms with Crippen LogP contribution in [0.1, 0.15) is 56.7 Å². The number of fused-ring (bicyclic) bond motifs is 1. The van der Waals surface area contributed by atoms with Gasteiger partial charge in [-0.05, 0) is 55.8 Å². The lowest BCUT2D eigenvalue weighted by molar-refractivity contribution is 0.186. The van der Waals surface area contributed by atoms with Crippen LogP contribution < -0.4 is 5.32 Å². The van der Waals surface area contributed by atoms with Crippen molar-refractivity contribution in [3.05, 3.63) is 35.4 Å². The van der Waals surface area contributed by atoms with Crippen LogP contribution in [0.3, 0.4) is 0 Å². The molecule has 110 valence electrons. The van der Waals surface area contributed by atoms with Gasteiger partial charge < -0.3 is 5.32 Å². The van der Waals surface area contributed by atoms with Gasteiger partial charge in [-0.3, -0.25) is 4.90 Å². The molecule has 0 amide bonds. The third-order valence-electron chi connectivity index (χ3n) is 5.29. The first-order valence-electron chi connectivity index (χ1n) is 8.11. The number of rotatable bonds is 3. The van der Waals surface area contributed by atoms with Crippen molar-refractivity contribution < 1.29 is 0 Å². The Kier molecular flexibility index (Phi) is 3.87. The van der Waals surface area contributed by atoms with Crippen molar-refractivity contribution >= 4 is 0 Å². The summed E-state index contributed by atoms with van der Waals surface area (Å²) in [6.45, 7) is 7.16. The molecule has 20 heavy (non-hydrogen) atoms. The minimum atomic E-state index is 0.333. The van der Waals surface area contributed by atoms with E-state index >= 15 is 0 Å². The van der Waals surface area contributed by atoms with Crippen molar-refractivity contribution in [3.8, 4) is 0 Å². The zero-order valence-corrected chi connectivity index (χ0v) is 13.2.